The number of benzene rings is 1. The van der Waals surface area contributed by atoms with E-state index in [1.165, 1.54) is 10.5 Å². The summed E-state index contributed by atoms with van der Waals surface area (Å²) in [6.07, 6.45) is 3.25. The van der Waals surface area contributed by atoms with Gasteiger partial charge in [0.05, 0.1) is 0 Å². The summed E-state index contributed by atoms with van der Waals surface area (Å²) in [6, 6.07) is 8.71. The first-order valence-electron chi connectivity index (χ1n) is 5.80. The Hall–Kier alpha value is -0.510. The molecule has 0 saturated heterocycles. The summed E-state index contributed by atoms with van der Waals surface area (Å²) in [7, 11) is 0. The van der Waals surface area contributed by atoms with Crippen molar-refractivity contribution >= 4 is 11.8 Å². The maximum Gasteiger partial charge on any atom is 0.0205 e. The van der Waals surface area contributed by atoms with E-state index in [1.54, 1.807) is 11.8 Å². The van der Waals surface area contributed by atoms with Crippen LogP contribution in [0.5, 0.6) is 0 Å². The molecule has 0 radical (unpaired) electrons. The predicted molar refractivity (Wildman–Crippen MR) is 72.8 cm³/mol. The molecule has 16 heavy (non-hydrogen) atoms. The van der Waals surface area contributed by atoms with Gasteiger partial charge in [-0.2, -0.15) is 0 Å². The Labute approximate surface area is 103 Å². The van der Waals surface area contributed by atoms with Gasteiger partial charge in [0.2, 0.25) is 0 Å². The van der Waals surface area contributed by atoms with Crippen molar-refractivity contribution in [2.45, 2.75) is 24.8 Å². The monoisotopic (exact) mass is 238 g/mol. The van der Waals surface area contributed by atoms with Gasteiger partial charge < -0.3 is 11.1 Å². The molecule has 0 saturated carbocycles. The van der Waals surface area contributed by atoms with Crippen molar-refractivity contribution in [1.29, 1.82) is 0 Å². The smallest absolute Gasteiger partial charge is 0.0205 e. The highest BCUT2D eigenvalue weighted by atomic mass is 32.2. The van der Waals surface area contributed by atoms with Crippen molar-refractivity contribution in [3.8, 4) is 0 Å². The van der Waals surface area contributed by atoms with Gasteiger partial charge in [0.1, 0.15) is 0 Å². The van der Waals surface area contributed by atoms with Crippen LogP contribution in [0.2, 0.25) is 0 Å². The molecule has 1 aromatic rings. The number of hydrogen-bond donors (Lipinski definition) is 2. The van der Waals surface area contributed by atoms with Crippen LogP contribution < -0.4 is 11.1 Å². The van der Waals surface area contributed by atoms with E-state index in [9.17, 15) is 0 Å². The fourth-order valence-electron chi connectivity index (χ4n) is 1.44. The van der Waals surface area contributed by atoms with Crippen LogP contribution in [-0.2, 0) is 6.54 Å². The van der Waals surface area contributed by atoms with Crippen molar-refractivity contribution in [3.05, 3.63) is 29.8 Å². The molecule has 0 bridgehead atoms. The molecule has 0 spiro atoms. The van der Waals surface area contributed by atoms with Gasteiger partial charge in [-0.15, -0.1) is 11.8 Å². The van der Waals surface area contributed by atoms with Crippen LogP contribution in [0.3, 0.4) is 0 Å². The number of hydrogen-bond acceptors (Lipinski definition) is 3. The van der Waals surface area contributed by atoms with Gasteiger partial charge in [0, 0.05) is 11.4 Å². The molecule has 2 nitrogen and oxygen atoms in total. The van der Waals surface area contributed by atoms with E-state index in [-0.39, 0.29) is 0 Å². The number of nitrogens with one attached hydrogen (secondary N) is 1. The molecule has 0 aromatic heterocycles. The van der Waals surface area contributed by atoms with Crippen molar-refractivity contribution in [2.75, 3.05) is 19.3 Å². The Morgan fingerprint density at radius 1 is 1.31 bits per heavy atom. The zero-order valence-corrected chi connectivity index (χ0v) is 11.0. The highest BCUT2D eigenvalue weighted by Gasteiger charge is 1.98. The summed E-state index contributed by atoms with van der Waals surface area (Å²) < 4.78 is 0. The largest absolute Gasteiger partial charge is 0.330 e. The molecule has 3 heteroatoms. The molecule has 1 atom stereocenters. The molecule has 3 N–H and O–H groups in total. The van der Waals surface area contributed by atoms with E-state index in [1.807, 2.05) is 0 Å². The molecule has 1 rings (SSSR count). The standard InChI is InChI=1S/C13H22N2S/c1-11(9-14)7-8-15-10-12-3-5-13(16-2)6-4-12/h3-6,11,15H,7-10,14H2,1-2H3. The van der Waals surface area contributed by atoms with Crippen molar-refractivity contribution in [3.63, 3.8) is 0 Å². The molecule has 0 fully saturated rings. The zero-order valence-electron chi connectivity index (χ0n) is 10.2. The Morgan fingerprint density at radius 2 is 2.00 bits per heavy atom. The molecule has 90 valence electrons. The maximum absolute atomic E-state index is 5.57. The van der Waals surface area contributed by atoms with Crippen LogP contribution in [0.1, 0.15) is 18.9 Å². The van der Waals surface area contributed by atoms with Crippen LogP contribution in [0.15, 0.2) is 29.2 Å². The molecule has 1 unspecified atom stereocenters. The fourth-order valence-corrected chi connectivity index (χ4v) is 1.85. The van der Waals surface area contributed by atoms with Gasteiger partial charge in [-0.1, -0.05) is 19.1 Å². The first kappa shape index (κ1) is 13.6. The molecule has 0 amide bonds. The summed E-state index contributed by atoms with van der Waals surface area (Å²) in [4.78, 5) is 1.32. The maximum atomic E-state index is 5.57. The third kappa shape index (κ3) is 5.01. The lowest BCUT2D eigenvalue weighted by atomic mass is 10.1. The summed E-state index contributed by atoms with van der Waals surface area (Å²) in [6.45, 7) is 4.97. The fraction of sp³-hybridized carbons (Fsp3) is 0.538. The second-order valence-corrected chi connectivity index (χ2v) is 5.03. The van der Waals surface area contributed by atoms with Crippen LogP contribution in [-0.4, -0.2) is 19.3 Å². The molecule has 1 aromatic carbocycles. The van der Waals surface area contributed by atoms with Gasteiger partial charge in [-0.05, 0) is 49.4 Å². The quantitative estimate of drug-likeness (QED) is 0.566. The van der Waals surface area contributed by atoms with Crippen LogP contribution in [0.25, 0.3) is 0 Å². The van der Waals surface area contributed by atoms with Crippen LogP contribution >= 0.6 is 11.8 Å². The van der Waals surface area contributed by atoms with Crippen molar-refractivity contribution in [1.82, 2.24) is 5.32 Å². The summed E-state index contributed by atoms with van der Waals surface area (Å²) in [5, 5.41) is 3.44. The van der Waals surface area contributed by atoms with Gasteiger partial charge in [-0.25, -0.2) is 0 Å². The minimum Gasteiger partial charge on any atom is -0.330 e. The lowest BCUT2D eigenvalue weighted by Gasteiger charge is -2.09. The molecule has 0 aliphatic heterocycles. The Balaban J connectivity index is 2.21. The Morgan fingerprint density at radius 3 is 2.56 bits per heavy atom. The average Bonchev–Trinajstić information content (AvgIpc) is 2.35. The minimum absolute atomic E-state index is 0.617. The van der Waals surface area contributed by atoms with Gasteiger partial charge in [0.25, 0.3) is 0 Å². The Kier molecular flexibility index (Phi) is 6.53. The highest BCUT2D eigenvalue weighted by Crippen LogP contribution is 2.14. The summed E-state index contributed by atoms with van der Waals surface area (Å²) >= 11 is 1.78. The van der Waals surface area contributed by atoms with Crippen LogP contribution in [0, 0.1) is 5.92 Å². The second kappa shape index (κ2) is 7.71. The van der Waals surface area contributed by atoms with Gasteiger partial charge >= 0.3 is 0 Å². The van der Waals surface area contributed by atoms with Gasteiger partial charge in [-0.3, -0.25) is 0 Å². The van der Waals surface area contributed by atoms with E-state index < -0.39 is 0 Å². The SMILES string of the molecule is CSc1ccc(CNCCC(C)CN)cc1. The lowest BCUT2D eigenvalue weighted by Crippen LogP contribution is -2.20. The number of thioether (sulfide) groups is 1. The molecular formula is C13H22N2S. The van der Waals surface area contributed by atoms with Crippen molar-refractivity contribution < 1.29 is 0 Å². The summed E-state index contributed by atoms with van der Waals surface area (Å²) in [5.74, 6) is 0.617. The first-order valence-corrected chi connectivity index (χ1v) is 7.02. The zero-order chi connectivity index (χ0) is 11.8. The lowest BCUT2D eigenvalue weighted by molar-refractivity contribution is 0.509. The third-order valence-electron chi connectivity index (χ3n) is 2.70. The number of rotatable bonds is 7. The molecular weight excluding hydrogens is 216 g/mol. The van der Waals surface area contributed by atoms with Crippen LogP contribution in [0.4, 0.5) is 0 Å². The van der Waals surface area contributed by atoms with E-state index in [0.717, 1.165) is 26.1 Å². The average molecular weight is 238 g/mol. The molecule has 0 aliphatic carbocycles. The summed E-state index contributed by atoms with van der Waals surface area (Å²) in [5.41, 5.74) is 6.91. The topological polar surface area (TPSA) is 38.0 Å². The highest BCUT2D eigenvalue weighted by molar-refractivity contribution is 7.98. The minimum atomic E-state index is 0.617. The van der Waals surface area contributed by atoms with E-state index >= 15 is 0 Å². The first-order chi connectivity index (χ1) is 7.76. The van der Waals surface area contributed by atoms with Crippen molar-refractivity contribution in [2.24, 2.45) is 11.7 Å². The van der Waals surface area contributed by atoms with E-state index in [4.69, 9.17) is 5.73 Å². The number of nitrogens with two attached hydrogens (primary N) is 1. The van der Waals surface area contributed by atoms with E-state index in [2.05, 4.69) is 42.8 Å². The third-order valence-corrected chi connectivity index (χ3v) is 3.45. The normalized spacial score (nSPS) is 12.7. The predicted octanol–water partition coefficient (Wildman–Crippen LogP) is 2.48. The van der Waals surface area contributed by atoms with E-state index in [0.29, 0.717) is 5.92 Å². The molecule has 0 aliphatic rings. The Bertz CT molecular complexity index is 284. The molecule has 0 heterocycles. The second-order valence-electron chi connectivity index (χ2n) is 4.15. The van der Waals surface area contributed by atoms with Gasteiger partial charge in [0.15, 0.2) is 0 Å².